The maximum atomic E-state index is 12.3. The fourth-order valence-corrected chi connectivity index (χ4v) is 2.99. The maximum absolute atomic E-state index is 12.3. The third-order valence-corrected chi connectivity index (χ3v) is 4.82. The highest BCUT2D eigenvalue weighted by atomic mass is 16.5. The number of ether oxygens (including phenoxy) is 1. The number of hydrogen-bond donors (Lipinski definition) is 2. The number of hydrogen-bond acceptors (Lipinski definition) is 4. The van der Waals surface area contributed by atoms with Crippen molar-refractivity contribution in [1.82, 2.24) is 10.2 Å². The van der Waals surface area contributed by atoms with E-state index in [9.17, 15) is 9.59 Å². The summed E-state index contributed by atoms with van der Waals surface area (Å²) < 4.78 is 5.70. The Hall–Kier alpha value is -3.12. The Morgan fingerprint density at radius 2 is 1.71 bits per heavy atom. The minimum Gasteiger partial charge on any atom is -0.493 e. The number of para-hydroxylation sites is 1. The van der Waals surface area contributed by atoms with E-state index in [0.29, 0.717) is 24.4 Å². The number of rotatable bonds is 12. The van der Waals surface area contributed by atoms with Crippen LogP contribution in [-0.4, -0.2) is 49.5 Å². The molecular formula is C25H33N3O3. The van der Waals surface area contributed by atoms with Gasteiger partial charge < -0.3 is 20.3 Å². The Labute approximate surface area is 185 Å². The largest absolute Gasteiger partial charge is 0.493 e. The third-order valence-electron chi connectivity index (χ3n) is 4.82. The van der Waals surface area contributed by atoms with Gasteiger partial charge in [0.15, 0.2) is 0 Å². The second-order valence-electron chi connectivity index (χ2n) is 7.07. The highest BCUT2D eigenvalue weighted by Crippen LogP contribution is 2.19. The van der Waals surface area contributed by atoms with Gasteiger partial charge in [-0.1, -0.05) is 39.0 Å². The zero-order valence-corrected chi connectivity index (χ0v) is 18.7. The molecule has 0 bridgehead atoms. The van der Waals surface area contributed by atoms with Crippen molar-refractivity contribution in [1.29, 1.82) is 0 Å². The molecule has 6 heteroatoms. The van der Waals surface area contributed by atoms with Gasteiger partial charge >= 0.3 is 0 Å². The fraction of sp³-hybridized carbons (Fsp3) is 0.360. The Morgan fingerprint density at radius 1 is 1.00 bits per heavy atom. The molecule has 31 heavy (non-hydrogen) atoms. The van der Waals surface area contributed by atoms with E-state index in [0.717, 1.165) is 37.4 Å². The quantitative estimate of drug-likeness (QED) is 0.502. The minimum atomic E-state index is -0.248. The number of benzene rings is 2. The van der Waals surface area contributed by atoms with Crippen LogP contribution in [0.15, 0.2) is 54.6 Å². The zero-order chi connectivity index (χ0) is 22.5. The van der Waals surface area contributed by atoms with Gasteiger partial charge in [0.05, 0.1) is 6.61 Å². The van der Waals surface area contributed by atoms with E-state index in [1.54, 1.807) is 30.3 Å². The van der Waals surface area contributed by atoms with Gasteiger partial charge in [0.2, 0.25) is 5.91 Å². The Bertz CT molecular complexity index is 859. The van der Waals surface area contributed by atoms with Crippen LogP contribution in [0.5, 0.6) is 5.75 Å². The van der Waals surface area contributed by atoms with Crippen molar-refractivity contribution < 1.29 is 14.3 Å². The topological polar surface area (TPSA) is 70.7 Å². The van der Waals surface area contributed by atoms with Crippen molar-refractivity contribution in [2.45, 2.75) is 27.2 Å². The van der Waals surface area contributed by atoms with Crippen LogP contribution in [0.4, 0.5) is 5.69 Å². The average Bonchev–Trinajstić information content (AvgIpc) is 2.80. The third kappa shape index (κ3) is 8.26. The summed E-state index contributed by atoms with van der Waals surface area (Å²) in [6.07, 6.45) is 4.13. The molecule has 0 saturated carbocycles. The second kappa shape index (κ2) is 13.2. The van der Waals surface area contributed by atoms with Crippen molar-refractivity contribution >= 4 is 23.6 Å². The standard InChI is InChI=1S/C25H33N3O3/c1-4-19-31-23-10-8-7-9-20(23)13-16-24(29)27-22-14-11-21(12-15-22)25(30)26-17-18-28(5-2)6-3/h7-16H,4-6,17-19H2,1-3H3,(H,26,30)(H,27,29)/b16-13+. The smallest absolute Gasteiger partial charge is 0.251 e. The van der Waals surface area contributed by atoms with E-state index in [1.165, 1.54) is 6.08 Å². The van der Waals surface area contributed by atoms with Crippen LogP contribution in [0.1, 0.15) is 43.1 Å². The van der Waals surface area contributed by atoms with E-state index < -0.39 is 0 Å². The molecule has 6 nitrogen and oxygen atoms in total. The molecule has 0 saturated heterocycles. The summed E-state index contributed by atoms with van der Waals surface area (Å²) in [5.41, 5.74) is 2.04. The summed E-state index contributed by atoms with van der Waals surface area (Å²) in [6.45, 7) is 10.2. The first kappa shape index (κ1) is 24.2. The molecule has 0 fully saturated rings. The molecular weight excluding hydrogens is 390 g/mol. The molecule has 0 aromatic heterocycles. The molecule has 166 valence electrons. The normalized spacial score (nSPS) is 11.0. The molecule has 0 heterocycles. The molecule has 0 atom stereocenters. The summed E-state index contributed by atoms with van der Waals surface area (Å²) in [7, 11) is 0. The van der Waals surface area contributed by atoms with Crippen LogP contribution in [-0.2, 0) is 4.79 Å². The molecule has 2 rings (SSSR count). The molecule has 0 aliphatic heterocycles. The van der Waals surface area contributed by atoms with E-state index >= 15 is 0 Å². The highest BCUT2D eigenvalue weighted by molar-refractivity contribution is 6.02. The molecule has 0 aliphatic carbocycles. The summed E-state index contributed by atoms with van der Waals surface area (Å²) in [4.78, 5) is 26.8. The van der Waals surface area contributed by atoms with Gasteiger partial charge in [-0.05, 0) is 55.9 Å². The minimum absolute atomic E-state index is 0.117. The van der Waals surface area contributed by atoms with Crippen LogP contribution in [0.3, 0.4) is 0 Å². The molecule has 0 aliphatic rings. The van der Waals surface area contributed by atoms with Crippen molar-refractivity contribution in [2.75, 3.05) is 38.1 Å². The van der Waals surface area contributed by atoms with Crippen LogP contribution in [0, 0.1) is 0 Å². The van der Waals surface area contributed by atoms with Gasteiger partial charge in [0.25, 0.3) is 5.91 Å². The lowest BCUT2D eigenvalue weighted by Crippen LogP contribution is -2.34. The molecule has 0 radical (unpaired) electrons. The van der Waals surface area contributed by atoms with Crippen molar-refractivity contribution in [3.05, 3.63) is 65.7 Å². The molecule has 2 N–H and O–H groups in total. The molecule has 2 amide bonds. The van der Waals surface area contributed by atoms with Crippen LogP contribution >= 0.6 is 0 Å². The van der Waals surface area contributed by atoms with Crippen LogP contribution in [0.25, 0.3) is 6.08 Å². The zero-order valence-electron chi connectivity index (χ0n) is 18.7. The van der Waals surface area contributed by atoms with Crippen molar-refractivity contribution in [2.24, 2.45) is 0 Å². The summed E-state index contributed by atoms with van der Waals surface area (Å²) in [5, 5.41) is 5.73. The number of likely N-dealkylation sites (N-methyl/N-ethyl adjacent to an activating group) is 1. The molecule has 0 unspecified atom stereocenters. The lowest BCUT2D eigenvalue weighted by atomic mass is 10.1. The van der Waals surface area contributed by atoms with Gasteiger partial charge in [-0.2, -0.15) is 0 Å². The first-order valence-corrected chi connectivity index (χ1v) is 10.9. The van der Waals surface area contributed by atoms with Gasteiger partial charge in [0, 0.05) is 36.0 Å². The monoisotopic (exact) mass is 423 g/mol. The molecule has 2 aromatic carbocycles. The molecule has 0 spiro atoms. The number of carbonyl (C=O) groups is 2. The molecule has 2 aromatic rings. The van der Waals surface area contributed by atoms with Crippen molar-refractivity contribution in [3.8, 4) is 5.75 Å². The first-order valence-electron chi connectivity index (χ1n) is 10.9. The van der Waals surface area contributed by atoms with E-state index in [1.807, 2.05) is 31.2 Å². The second-order valence-corrected chi connectivity index (χ2v) is 7.07. The SMILES string of the molecule is CCCOc1ccccc1/C=C/C(=O)Nc1ccc(C(=O)NCCN(CC)CC)cc1. The van der Waals surface area contributed by atoms with Crippen molar-refractivity contribution in [3.63, 3.8) is 0 Å². The van der Waals surface area contributed by atoms with E-state index in [4.69, 9.17) is 4.74 Å². The lowest BCUT2D eigenvalue weighted by molar-refractivity contribution is -0.111. The van der Waals surface area contributed by atoms with Crippen LogP contribution in [0.2, 0.25) is 0 Å². The van der Waals surface area contributed by atoms with Gasteiger partial charge in [-0.3, -0.25) is 9.59 Å². The number of amides is 2. The van der Waals surface area contributed by atoms with E-state index in [-0.39, 0.29) is 11.8 Å². The number of nitrogens with one attached hydrogen (secondary N) is 2. The number of nitrogens with zero attached hydrogens (tertiary/aromatic N) is 1. The Morgan fingerprint density at radius 3 is 2.39 bits per heavy atom. The van der Waals surface area contributed by atoms with Gasteiger partial charge in [-0.25, -0.2) is 0 Å². The summed E-state index contributed by atoms with van der Waals surface area (Å²) in [5.74, 6) is 0.389. The number of carbonyl (C=O) groups excluding carboxylic acids is 2. The average molecular weight is 424 g/mol. The summed E-state index contributed by atoms with van der Waals surface area (Å²) >= 11 is 0. The highest BCUT2D eigenvalue weighted by Gasteiger charge is 2.07. The van der Waals surface area contributed by atoms with Gasteiger partial charge in [-0.15, -0.1) is 0 Å². The summed E-state index contributed by atoms with van der Waals surface area (Å²) in [6, 6.07) is 14.5. The van der Waals surface area contributed by atoms with Gasteiger partial charge in [0.1, 0.15) is 5.75 Å². The lowest BCUT2D eigenvalue weighted by Gasteiger charge is -2.17. The Balaban J connectivity index is 1.88. The number of anilines is 1. The predicted octanol–water partition coefficient (Wildman–Crippen LogP) is 4.20. The first-order chi connectivity index (χ1) is 15.1. The maximum Gasteiger partial charge on any atom is 0.251 e. The fourth-order valence-electron chi connectivity index (χ4n) is 2.99. The predicted molar refractivity (Wildman–Crippen MR) is 126 cm³/mol. The Kier molecular flexibility index (Phi) is 10.3. The van der Waals surface area contributed by atoms with E-state index in [2.05, 4.69) is 29.4 Å². The van der Waals surface area contributed by atoms with Crippen LogP contribution < -0.4 is 15.4 Å².